The molecule has 122 valence electrons. The topological polar surface area (TPSA) is 116 Å². The van der Waals surface area contributed by atoms with E-state index in [2.05, 4.69) is 25.7 Å². The van der Waals surface area contributed by atoms with Crippen molar-refractivity contribution in [1.82, 2.24) is 4.98 Å². The van der Waals surface area contributed by atoms with Gasteiger partial charge >= 0.3 is 6.36 Å². The minimum Gasteiger partial charge on any atom is -0.405 e. The molecular formula is C14H6BrF3N4O2. The fourth-order valence-electron chi connectivity index (χ4n) is 2.02. The number of alkyl halides is 3. The molecule has 0 saturated heterocycles. The molecule has 3 N–H and O–H groups in total. The van der Waals surface area contributed by atoms with Crippen LogP contribution in [0.15, 0.2) is 27.5 Å². The Hall–Kier alpha value is -2.98. The number of nitrogens with one attached hydrogen (secondary N) is 1. The summed E-state index contributed by atoms with van der Waals surface area (Å²) in [5.74, 6) is -0.892. The molecule has 10 heteroatoms. The van der Waals surface area contributed by atoms with Crippen LogP contribution in [-0.4, -0.2) is 11.3 Å². The third-order valence-corrected chi connectivity index (χ3v) is 3.74. The summed E-state index contributed by atoms with van der Waals surface area (Å²) < 4.78 is 41.0. The van der Waals surface area contributed by atoms with Gasteiger partial charge in [0.05, 0.1) is 4.47 Å². The summed E-state index contributed by atoms with van der Waals surface area (Å²) in [6.07, 6.45) is -4.94. The molecule has 1 aromatic heterocycles. The first kappa shape index (κ1) is 17.4. The van der Waals surface area contributed by atoms with Gasteiger partial charge in [-0.2, -0.15) is 10.5 Å². The lowest BCUT2D eigenvalue weighted by atomic mass is 9.96. The number of rotatable bonds is 2. The molecule has 0 aliphatic carbocycles. The zero-order valence-electron chi connectivity index (χ0n) is 11.5. The lowest BCUT2D eigenvalue weighted by Gasteiger charge is -2.15. The van der Waals surface area contributed by atoms with E-state index >= 15 is 0 Å². The summed E-state index contributed by atoms with van der Waals surface area (Å²) in [7, 11) is 0. The molecule has 2 aromatic rings. The third-order valence-electron chi connectivity index (χ3n) is 2.93. The minimum atomic E-state index is -4.94. The quantitative estimate of drug-likeness (QED) is 0.806. The Balaban J connectivity index is 2.84. The largest absolute Gasteiger partial charge is 0.573 e. The molecular weight excluding hydrogens is 393 g/mol. The van der Waals surface area contributed by atoms with E-state index in [4.69, 9.17) is 5.73 Å². The van der Waals surface area contributed by atoms with Crippen molar-refractivity contribution in [3.8, 4) is 29.0 Å². The van der Waals surface area contributed by atoms with Crippen LogP contribution in [0.3, 0.4) is 0 Å². The summed E-state index contributed by atoms with van der Waals surface area (Å²) in [4.78, 5) is 14.0. The molecule has 1 aromatic carbocycles. The molecule has 1 heterocycles. The van der Waals surface area contributed by atoms with Crippen LogP contribution >= 0.6 is 15.9 Å². The highest BCUT2D eigenvalue weighted by atomic mass is 79.9. The van der Waals surface area contributed by atoms with Crippen LogP contribution in [0.2, 0.25) is 0 Å². The number of aromatic nitrogens is 1. The van der Waals surface area contributed by atoms with E-state index in [0.29, 0.717) is 0 Å². The number of benzene rings is 1. The molecule has 0 radical (unpaired) electrons. The molecule has 0 bridgehead atoms. The molecule has 6 nitrogen and oxygen atoms in total. The van der Waals surface area contributed by atoms with Gasteiger partial charge in [-0.1, -0.05) is 12.1 Å². The summed E-state index contributed by atoms with van der Waals surface area (Å²) in [5.41, 5.74) is 3.82. The van der Waals surface area contributed by atoms with E-state index in [0.717, 1.165) is 6.07 Å². The van der Waals surface area contributed by atoms with Crippen LogP contribution in [0.25, 0.3) is 11.1 Å². The predicted molar refractivity (Wildman–Crippen MR) is 80.7 cm³/mol. The molecule has 24 heavy (non-hydrogen) atoms. The number of pyridine rings is 1. The smallest absolute Gasteiger partial charge is 0.405 e. The van der Waals surface area contributed by atoms with Gasteiger partial charge in [0.25, 0.3) is 5.56 Å². The number of hydrogen-bond acceptors (Lipinski definition) is 5. The summed E-state index contributed by atoms with van der Waals surface area (Å²) in [5, 5.41) is 18.4. The van der Waals surface area contributed by atoms with Crippen molar-refractivity contribution in [1.29, 1.82) is 10.5 Å². The number of ether oxygens (including phenoxy) is 1. The Morgan fingerprint density at radius 1 is 1.21 bits per heavy atom. The van der Waals surface area contributed by atoms with E-state index in [-0.39, 0.29) is 27.0 Å². The van der Waals surface area contributed by atoms with Crippen LogP contribution in [0.5, 0.6) is 5.75 Å². The Bertz CT molecular complexity index is 955. The van der Waals surface area contributed by atoms with Gasteiger partial charge in [0, 0.05) is 11.1 Å². The summed E-state index contributed by atoms with van der Waals surface area (Å²) in [6.45, 7) is 0. The van der Waals surface area contributed by atoms with Crippen LogP contribution < -0.4 is 16.0 Å². The molecule has 0 unspecified atom stereocenters. The first-order valence-electron chi connectivity index (χ1n) is 6.10. The number of aromatic amines is 1. The average Bonchev–Trinajstić information content (AvgIpc) is 2.47. The van der Waals surface area contributed by atoms with Gasteiger partial charge in [0.15, 0.2) is 0 Å². The molecule has 0 saturated carbocycles. The van der Waals surface area contributed by atoms with Crippen molar-refractivity contribution < 1.29 is 17.9 Å². The van der Waals surface area contributed by atoms with Gasteiger partial charge in [0.2, 0.25) is 0 Å². The van der Waals surface area contributed by atoms with Crippen molar-refractivity contribution in [3.63, 3.8) is 0 Å². The van der Waals surface area contributed by atoms with Crippen LogP contribution in [-0.2, 0) is 0 Å². The highest BCUT2D eigenvalue weighted by molar-refractivity contribution is 9.10. The maximum Gasteiger partial charge on any atom is 0.573 e. The molecule has 0 aliphatic heterocycles. The van der Waals surface area contributed by atoms with Crippen molar-refractivity contribution >= 4 is 21.7 Å². The Morgan fingerprint density at radius 2 is 1.83 bits per heavy atom. The van der Waals surface area contributed by atoms with Crippen molar-refractivity contribution in [2.45, 2.75) is 6.36 Å². The first-order valence-corrected chi connectivity index (χ1v) is 6.89. The van der Waals surface area contributed by atoms with Gasteiger partial charge in [-0.05, 0) is 22.0 Å². The fraction of sp³-hybridized carbons (Fsp3) is 0.0714. The lowest BCUT2D eigenvalue weighted by Crippen LogP contribution is -2.18. The number of H-pyrrole nitrogens is 1. The molecule has 0 aliphatic rings. The van der Waals surface area contributed by atoms with E-state index in [1.54, 1.807) is 12.1 Å². The van der Waals surface area contributed by atoms with Crippen LogP contribution in [0.4, 0.5) is 19.0 Å². The molecule has 0 amide bonds. The number of nitrogens with two attached hydrogens (primary N) is 1. The number of nitriles is 2. The predicted octanol–water partition coefficient (Wildman–Crippen LogP) is 3.03. The first-order chi connectivity index (χ1) is 11.2. The number of hydrogen-bond donors (Lipinski definition) is 2. The van der Waals surface area contributed by atoms with E-state index in [1.165, 1.54) is 12.1 Å². The van der Waals surface area contributed by atoms with Gasteiger partial charge in [-0.3, -0.25) is 4.79 Å². The zero-order chi connectivity index (χ0) is 18.1. The van der Waals surface area contributed by atoms with Gasteiger partial charge in [-0.15, -0.1) is 13.2 Å². The highest BCUT2D eigenvalue weighted by Crippen LogP contribution is 2.40. The Morgan fingerprint density at radius 3 is 2.38 bits per heavy atom. The van der Waals surface area contributed by atoms with E-state index in [9.17, 15) is 28.5 Å². The Labute approximate surface area is 141 Å². The lowest BCUT2D eigenvalue weighted by molar-refractivity contribution is -0.274. The maximum absolute atomic E-state index is 12.5. The minimum absolute atomic E-state index is 0.0114. The zero-order valence-corrected chi connectivity index (χ0v) is 13.1. The van der Waals surface area contributed by atoms with E-state index in [1.807, 2.05) is 0 Å². The normalized spacial score (nSPS) is 10.8. The van der Waals surface area contributed by atoms with Crippen molar-refractivity contribution in [3.05, 3.63) is 44.2 Å². The third kappa shape index (κ3) is 3.19. The number of anilines is 1. The second-order valence-electron chi connectivity index (χ2n) is 4.38. The number of nitrogens with zero attached hydrogens (tertiary/aromatic N) is 2. The second kappa shape index (κ2) is 6.26. The molecule has 2 rings (SSSR count). The molecule has 0 fully saturated rings. The Kier molecular flexibility index (Phi) is 4.53. The van der Waals surface area contributed by atoms with Gasteiger partial charge < -0.3 is 15.5 Å². The van der Waals surface area contributed by atoms with Crippen molar-refractivity contribution in [2.24, 2.45) is 0 Å². The highest BCUT2D eigenvalue weighted by Gasteiger charge is 2.32. The standard InChI is InChI=1S/C14H6BrF3N4O2/c15-11-6(2-1-3-9(11)24-14(16,17)18)10-7(4-19)12(21)22-13(23)8(10)5-20/h1-3H,(H3,21,22,23). The summed E-state index contributed by atoms with van der Waals surface area (Å²) in [6, 6.07) is 6.94. The van der Waals surface area contributed by atoms with Crippen LogP contribution in [0, 0.1) is 22.7 Å². The average molecular weight is 399 g/mol. The van der Waals surface area contributed by atoms with Crippen LogP contribution in [0.1, 0.15) is 11.1 Å². The van der Waals surface area contributed by atoms with Gasteiger partial charge in [0.1, 0.15) is 34.8 Å². The van der Waals surface area contributed by atoms with Gasteiger partial charge in [-0.25, -0.2) is 0 Å². The SMILES string of the molecule is N#Cc1c(N)[nH]c(=O)c(C#N)c1-c1cccc(OC(F)(F)F)c1Br. The number of halogens is 4. The maximum atomic E-state index is 12.5. The second-order valence-corrected chi connectivity index (χ2v) is 5.17. The van der Waals surface area contributed by atoms with Crippen molar-refractivity contribution in [2.75, 3.05) is 5.73 Å². The number of nitrogen functional groups attached to an aromatic ring is 1. The molecule has 0 spiro atoms. The summed E-state index contributed by atoms with van der Waals surface area (Å²) >= 11 is 2.95. The fourth-order valence-corrected chi connectivity index (χ4v) is 2.56. The monoisotopic (exact) mass is 398 g/mol. The van der Waals surface area contributed by atoms with E-state index < -0.39 is 23.2 Å². The molecule has 0 atom stereocenters.